The number of rotatable bonds is 8. The quantitative estimate of drug-likeness (QED) is 0.498. The van der Waals surface area contributed by atoms with E-state index in [2.05, 4.69) is 20.3 Å². The molecule has 0 radical (unpaired) electrons. The summed E-state index contributed by atoms with van der Waals surface area (Å²) in [5, 5.41) is 27.6. The first-order valence-electron chi connectivity index (χ1n) is 10.9. The average Bonchev–Trinajstić information content (AvgIpc) is 2.82. The second-order valence-electron chi connectivity index (χ2n) is 7.71. The van der Waals surface area contributed by atoms with E-state index in [9.17, 15) is 10.2 Å². The molecule has 0 saturated heterocycles. The highest BCUT2D eigenvalue weighted by Gasteiger charge is 2.21. The van der Waals surface area contributed by atoms with Gasteiger partial charge < -0.3 is 19.9 Å². The number of fused-ring (bicyclic) bond motifs is 2. The van der Waals surface area contributed by atoms with E-state index in [4.69, 9.17) is 9.68 Å². The molecule has 0 fully saturated rings. The molecule has 2 aromatic rings. The van der Waals surface area contributed by atoms with Gasteiger partial charge in [-0.3, -0.25) is 9.97 Å². The molecule has 2 N–H and O–H groups in total. The Morgan fingerprint density at radius 1 is 0.742 bits per heavy atom. The third-order valence-corrected chi connectivity index (χ3v) is 5.69. The lowest BCUT2D eigenvalue weighted by Gasteiger charge is -2.19. The molecule has 0 spiro atoms. The standard InChI is InChI=1S/C23H28N4O4/c28-14-16-8-10-24-22-18(16)4-1-6-20(22)26-30-12-3-13-31-27-21-7-2-5-19-17(15-29)9-11-25-23(19)21/h8-11,28-29H,1-7,12-15H2/b26-20+,27-21+. The highest BCUT2D eigenvalue weighted by molar-refractivity contribution is 6.01. The van der Waals surface area contributed by atoms with Crippen LogP contribution in [0.1, 0.15) is 65.7 Å². The van der Waals surface area contributed by atoms with Crippen LogP contribution < -0.4 is 0 Å². The van der Waals surface area contributed by atoms with Crippen molar-refractivity contribution in [3.8, 4) is 0 Å². The van der Waals surface area contributed by atoms with Crippen LogP contribution in [0.2, 0.25) is 0 Å². The zero-order chi connectivity index (χ0) is 21.5. The highest BCUT2D eigenvalue weighted by atomic mass is 16.6. The van der Waals surface area contributed by atoms with Crippen molar-refractivity contribution in [1.29, 1.82) is 0 Å². The van der Waals surface area contributed by atoms with E-state index in [1.165, 1.54) is 0 Å². The minimum Gasteiger partial charge on any atom is -0.395 e. The van der Waals surface area contributed by atoms with Gasteiger partial charge in [0.1, 0.15) is 24.6 Å². The molecule has 0 unspecified atom stereocenters. The Morgan fingerprint density at radius 3 is 1.68 bits per heavy atom. The molecule has 0 atom stereocenters. The fourth-order valence-electron chi connectivity index (χ4n) is 4.13. The largest absolute Gasteiger partial charge is 0.395 e. The minimum atomic E-state index is 0.0140. The van der Waals surface area contributed by atoms with Crippen LogP contribution in [-0.4, -0.2) is 44.8 Å². The first-order valence-corrected chi connectivity index (χ1v) is 10.9. The molecule has 0 saturated carbocycles. The van der Waals surface area contributed by atoms with E-state index < -0.39 is 0 Å². The molecule has 31 heavy (non-hydrogen) atoms. The average molecular weight is 425 g/mol. The van der Waals surface area contributed by atoms with Gasteiger partial charge in [-0.1, -0.05) is 10.3 Å². The lowest BCUT2D eigenvalue weighted by atomic mass is 9.91. The second kappa shape index (κ2) is 10.5. The summed E-state index contributed by atoms with van der Waals surface area (Å²) >= 11 is 0. The smallest absolute Gasteiger partial charge is 0.120 e. The fourth-order valence-corrected chi connectivity index (χ4v) is 4.13. The summed E-state index contributed by atoms with van der Waals surface area (Å²) in [6, 6.07) is 3.71. The minimum absolute atomic E-state index is 0.0140. The van der Waals surface area contributed by atoms with Crippen LogP contribution in [-0.2, 0) is 35.7 Å². The van der Waals surface area contributed by atoms with Gasteiger partial charge >= 0.3 is 0 Å². The van der Waals surface area contributed by atoms with Crippen LogP contribution in [0.5, 0.6) is 0 Å². The van der Waals surface area contributed by atoms with E-state index in [1.807, 2.05) is 12.1 Å². The number of hydrogen-bond acceptors (Lipinski definition) is 8. The Labute approximate surface area is 181 Å². The van der Waals surface area contributed by atoms with Crippen molar-refractivity contribution in [3.05, 3.63) is 58.2 Å². The van der Waals surface area contributed by atoms with Gasteiger partial charge in [0.05, 0.1) is 24.6 Å². The van der Waals surface area contributed by atoms with Crippen LogP contribution in [0.25, 0.3) is 0 Å². The molecule has 2 aliphatic carbocycles. The van der Waals surface area contributed by atoms with Gasteiger partial charge in [0.15, 0.2) is 0 Å². The number of aliphatic hydroxyl groups is 2. The number of hydrogen-bond donors (Lipinski definition) is 2. The number of pyridine rings is 2. The van der Waals surface area contributed by atoms with Gasteiger partial charge in [-0.05, 0) is 72.9 Å². The zero-order valence-corrected chi connectivity index (χ0v) is 17.6. The van der Waals surface area contributed by atoms with E-state index in [-0.39, 0.29) is 13.2 Å². The Bertz CT molecular complexity index is 897. The topological polar surface area (TPSA) is 109 Å². The number of aliphatic hydroxyl groups excluding tert-OH is 2. The van der Waals surface area contributed by atoms with Crippen molar-refractivity contribution >= 4 is 11.4 Å². The Morgan fingerprint density at radius 2 is 1.23 bits per heavy atom. The summed E-state index contributed by atoms with van der Waals surface area (Å²) in [6.07, 6.45) is 9.47. The zero-order valence-electron chi connectivity index (χ0n) is 17.6. The molecule has 2 aromatic heterocycles. The third kappa shape index (κ3) is 4.91. The van der Waals surface area contributed by atoms with Gasteiger partial charge in [0.25, 0.3) is 0 Å². The van der Waals surface area contributed by atoms with Gasteiger partial charge in [-0.15, -0.1) is 0 Å². The van der Waals surface area contributed by atoms with Crippen LogP contribution in [0.15, 0.2) is 34.8 Å². The van der Waals surface area contributed by atoms with Crippen LogP contribution in [0.3, 0.4) is 0 Å². The summed E-state index contributed by atoms with van der Waals surface area (Å²) in [5.74, 6) is 0. The highest BCUT2D eigenvalue weighted by Crippen LogP contribution is 2.24. The summed E-state index contributed by atoms with van der Waals surface area (Å²) in [7, 11) is 0. The number of oxime groups is 2. The molecule has 2 aliphatic rings. The summed E-state index contributed by atoms with van der Waals surface area (Å²) in [5.41, 5.74) is 7.32. The van der Waals surface area contributed by atoms with E-state index in [1.54, 1.807) is 12.4 Å². The maximum atomic E-state index is 9.51. The molecule has 4 rings (SSSR count). The van der Waals surface area contributed by atoms with E-state index >= 15 is 0 Å². The van der Waals surface area contributed by atoms with Crippen molar-refractivity contribution < 1.29 is 19.9 Å². The predicted octanol–water partition coefficient (Wildman–Crippen LogP) is 2.67. The molecule has 0 aromatic carbocycles. The lowest BCUT2D eigenvalue weighted by molar-refractivity contribution is 0.0894. The molecule has 0 amide bonds. The molecule has 8 heteroatoms. The van der Waals surface area contributed by atoms with Crippen LogP contribution in [0, 0.1) is 0 Å². The molecule has 164 valence electrons. The van der Waals surface area contributed by atoms with E-state index in [0.29, 0.717) is 19.6 Å². The van der Waals surface area contributed by atoms with Crippen LogP contribution in [0.4, 0.5) is 0 Å². The molecule has 2 heterocycles. The van der Waals surface area contributed by atoms with Crippen molar-refractivity contribution in [2.75, 3.05) is 13.2 Å². The third-order valence-electron chi connectivity index (χ3n) is 5.69. The second-order valence-corrected chi connectivity index (χ2v) is 7.71. The predicted molar refractivity (Wildman–Crippen MR) is 116 cm³/mol. The Hall–Kier alpha value is -2.84. The normalized spacial score (nSPS) is 18.0. The van der Waals surface area contributed by atoms with Gasteiger partial charge in [-0.25, -0.2) is 0 Å². The first-order chi connectivity index (χ1) is 15.3. The van der Waals surface area contributed by atoms with E-state index in [0.717, 1.165) is 83.6 Å². The molecule has 0 aliphatic heterocycles. The van der Waals surface area contributed by atoms with Gasteiger partial charge in [-0.2, -0.15) is 0 Å². The molecule has 8 nitrogen and oxygen atoms in total. The maximum absolute atomic E-state index is 9.51. The van der Waals surface area contributed by atoms with Crippen molar-refractivity contribution in [3.63, 3.8) is 0 Å². The van der Waals surface area contributed by atoms with Gasteiger partial charge in [0.2, 0.25) is 0 Å². The van der Waals surface area contributed by atoms with Crippen molar-refractivity contribution in [1.82, 2.24) is 9.97 Å². The fraction of sp³-hybridized carbons (Fsp3) is 0.478. The van der Waals surface area contributed by atoms with Crippen LogP contribution >= 0.6 is 0 Å². The monoisotopic (exact) mass is 424 g/mol. The van der Waals surface area contributed by atoms with Crippen molar-refractivity contribution in [2.45, 2.75) is 58.2 Å². The number of nitrogens with zero attached hydrogens (tertiary/aromatic N) is 4. The van der Waals surface area contributed by atoms with Crippen molar-refractivity contribution in [2.24, 2.45) is 10.3 Å². The SMILES string of the molecule is OCc1ccnc2c1CCC/C2=N\OCCCO/N=C1\CCCc2c(CO)ccnc21. The molecular formula is C23H28N4O4. The first kappa shape index (κ1) is 21.4. The summed E-state index contributed by atoms with van der Waals surface area (Å²) < 4.78 is 0. The summed E-state index contributed by atoms with van der Waals surface area (Å²) in [6.45, 7) is 0.875. The molecular weight excluding hydrogens is 396 g/mol. The molecule has 0 bridgehead atoms. The Kier molecular flexibility index (Phi) is 7.22. The summed E-state index contributed by atoms with van der Waals surface area (Å²) in [4.78, 5) is 19.9. The lowest BCUT2D eigenvalue weighted by Crippen LogP contribution is -2.17. The van der Waals surface area contributed by atoms with Gasteiger partial charge in [0, 0.05) is 18.8 Å². The maximum Gasteiger partial charge on any atom is 0.120 e. The number of aromatic nitrogens is 2. The Balaban J connectivity index is 1.27.